The van der Waals surface area contributed by atoms with Gasteiger partial charge in [-0.25, -0.2) is 0 Å². The minimum atomic E-state index is -0.372. The fourth-order valence-corrected chi connectivity index (χ4v) is 1.07. The average molecular weight is 130 g/mol. The Morgan fingerprint density at radius 2 is 1.67 bits per heavy atom. The van der Waals surface area contributed by atoms with Crippen molar-refractivity contribution in [2.45, 2.75) is 39.1 Å². The summed E-state index contributed by atoms with van der Waals surface area (Å²) in [4.78, 5) is 0. The molecule has 2 nitrogen and oxygen atoms in total. The van der Waals surface area contributed by atoms with Crippen molar-refractivity contribution in [1.82, 2.24) is 0 Å². The van der Waals surface area contributed by atoms with Crippen LogP contribution in [-0.4, -0.2) is 18.0 Å². The third-order valence-corrected chi connectivity index (χ3v) is 1.29. The van der Waals surface area contributed by atoms with Crippen LogP contribution < -0.4 is 0 Å². The van der Waals surface area contributed by atoms with E-state index < -0.39 is 0 Å². The van der Waals surface area contributed by atoms with Gasteiger partial charge in [-0.15, -0.1) is 0 Å². The van der Waals surface area contributed by atoms with Gasteiger partial charge in [0.2, 0.25) is 0 Å². The highest BCUT2D eigenvalue weighted by Crippen LogP contribution is 2.29. The Bertz CT molecular complexity index is 102. The molecule has 1 fully saturated rings. The highest BCUT2D eigenvalue weighted by molar-refractivity contribution is 4.78. The Balaban J connectivity index is 2.58. The zero-order valence-corrected chi connectivity index (χ0v) is 6.52. The zero-order chi connectivity index (χ0) is 7.12. The van der Waals surface area contributed by atoms with Crippen molar-refractivity contribution >= 4 is 0 Å². The third-order valence-electron chi connectivity index (χ3n) is 1.29. The van der Waals surface area contributed by atoms with Gasteiger partial charge >= 0.3 is 0 Å². The maximum atomic E-state index is 5.51. The maximum Gasteiger partial charge on any atom is 0.163 e. The van der Waals surface area contributed by atoms with Crippen molar-refractivity contribution in [1.29, 1.82) is 0 Å². The zero-order valence-electron chi connectivity index (χ0n) is 6.52. The summed E-state index contributed by atoms with van der Waals surface area (Å²) in [7, 11) is 0. The molecule has 1 aliphatic heterocycles. The van der Waals surface area contributed by atoms with Gasteiger partial charge in [0, 0.05) is 0 Å². The molecule has 1 heterocycles. The van der Waals surface area contributed by atoms with Crippen molar-refractivity contribution < 1.29 is 9.47 Å². The lowest BCUT2D eigenvalue weighted by molar-refractivity contribution is -0.153. The van der Waals surface area contributed by atoms with Gasteiger partial charge in [0.1, 0.15) is 0 Å². The smallest absolute Gasteiger partial charge is 0.163 e. The van der Waals surface area contributed by atoms with E-state index in [1.807, 2.05) is 27.7 Å². The Morgan fingerprint density at radius 3 is 1.78 bits per heavy atom. The van der Waals surface area contributed by atoms with Gasteiger partial charge in [0.25, 0.3) is 0 Å². The van der Waals surface area contributed by atoms with Crippen LogP contribution in [0.5, 0.6) is 0 Å². The molecule has 0 saturated carbocycles. The van der Waals surface area contributed by atoms with E-state index in [0.717, 1.165) is 0 Å². The third kappa shape index (κ3) is 1.66. The number of hydrogen-bond donors (Lipinski definition) is 0. The molecule has 0 unspecified atom stereocenters. The van der Waals surface area contributed by atoms with Gasteiger partial charge in [-0.2, -0.15) is 0 Å². The molecule has 1 aliphatic rings. The molecule has 0 atom stereocenters. The molecule has 0 aromatic heterocycles. The first-order valence-corrected chi connectivity index (χ1v) is 3.25. The van der Waals surface area contributed by atoms with Crippen LogP contribution in [0.15, 0.2) is 0 Å². The first kappa shape index (κ1) is 7.03. The summed E-state index contributed by atoms with van der Waals surface area (Å²) in [6.45, 7) is 8.62. The number of ether oxygens (including phenoxy) is 2. The van der Waals surface area contributed by atoms with Crippen LogP contribution in [0.25, 0.3) is 0 Å². The summed E-state index contributed by atoms with van der Waals surface area (Å²) in [6, 6.07) is 0. The first-order valence-electron chi connectivity index (χ1n) is 3.25. The quantitative estimate of drug-likeness (QED) is 0.495. The lowest BCUT2D eigenvalue weighted by Gasteiger charge is -2.20. The second kappa shape index (κ2) is 1.70. The van der Waals surface area contributed by atoms with Gasteiger partial charge in [0.15, 0.2) is 5.79 Å². The van der Waals surface area contributed by atoms with Crippen LogP contribution in [-0.2, 0) is 9.47 Å². The van der Waals surface area contributed by atoms with Gasteiger partial charge in [0.05, 0.1) is 12.2 Å². The minimum absolute atomic E-state index is 0.0938. The van der Waals surface area contributed by atoms with Crippen molar-refractivity contribution in [2.24, 2.45) is 0 Å². The molecule has 2 heteroatoms. The van der Waals surface area contributed by atoms with Crippen LogP contribution in [0.2, 0.25) is 0 Å². The summed E-state index contributed by atoms with van der Waals surface area (Å²) in [5.74, 6) is -0.372. The first-order chi connectivity index (χ1) is 3.91. The van der Waals surface area contributed by atoms with E-state index in [2.05, 4.69) is 0 Å². The Kier molecular flexibility index (Phi) is 1.33. The van der Waals surface area contributed by atoms with Crippen molar-refractivity contribution in [3.05, 3.63) is 0 Å². The molecule has 0 radical (unpaired) electrons. The van der Waals surface area contributed by atoms with Crippen LogP contribution in [0, 0.1) is 0 Å². The van der Waals surface area contributed by atoms with Gasteiger partial charge in [-0.1, -0.05) is 0 Å². The molecule has 9 heavy (non-hydrogen) atoms. The van der Waals surface area contributed by atoms with Crippen LogP contribution >= 0.6 is 0 Å². The van der Waals surface area contributed by atoms with E-state index in [0.29, 0.717) is 6.61 Å². The highest BCUT2D eigenvalue weighted by Gasteiger charge is 2.37. The second-order valence-corrected chi connectivity index (χ2v) is 3.55. The van der Waals surface area contributed by atoms with Gasteiger partial charge in [-0.3, -0.25) is 0 Å². The summed E-state index contributed by atoms with van der Waals surface area (Å²) in [6.07, 6.45) is 0. The molecular weight excluding hydrogens is 116 g/mol. The Labute approximate surface area is 56.2 Å². The number of hydrogen-bond acceptors (Lipinski definition) is 2. The molecule has 1 rings (SSSR count). The van der Waals surface area contributed by atoms with E-state index in [4.69, 9.17) is 9.47 Å². The molecule has 54 valence electrons. The standard InChI is InChI=1S/C7H14O2/c1-6(2)5-8-7(3,4)9-6/h5H2,1-4H3. The molecular formula is C7H14O2. The predicted molar refractivity (Wildman–Crippen MR) is 35.2 cm³/mol. The molecule has 0 aliphatic carbocycles. The number of rotatable bonds is 0. The maximum absolute atomic E-state index is 5.51. The van der Waals surface area contributed by atoms with E-state index in [1.54, 1.807) is 0 Å². The largest absolute Gasteiger partial charge is 0.348 e. The van der Waals surface area contributed by atoms with E-state index in [-0.39, 0.29) is 11.4 Å². The normalized spacial score (nSPS) is 30.7. The van der Waals surface area contributed by atoms with E-state index >= 15 is 0 Å². The summed E-state index contributed by atoms with van der Waals surface area (Å²) >= 11 is 0. The molecule has 0 spiro atoms. The molecule has 0 N–H and O–H groups in total. The lowest BCUT2D eigenvalue weighted by atomic mass is 10.2. The van der Waals surface area contributed by atoms with Crippen molar-refractivity contribution in [3.63, 3.8) is 0 Å². The molecule has 0 bridgehead atoms. The van der Waals surface area contributed by atoms with Crippen LogP contribution in [0.4, 0.5) is 0 Å². The predicted octanol–water partition coefficient (Wildman–Crippen LogP) is 1.55. The topological polar surface area (TPSA) is 18.5 Å². The fourth-order valence-electron chi connectivity index (χ4n) is 1.07. The van der Waals surface area contributed by atoms with Gasteiger partial charge < -0.3 is 9.47 Å². The lowest BCUT2D eigenvalue weighted by Crippen LogP contribution is -2.26. The second-order valence-electron chi connectivity index (χ2n) is 3.55. The minimum Gasteiger partial charge on any atom is -0.348 e. The van der Waals surface area contributed by atoms with E-state index in [9.17, 15) is 0 Å². The molecule has 0 aromatic rings. The van der Waals surface area contributed by atoms with Crippen LogP contribution in [0.3, 0.4) is 0 Å². The van der Waals surface area contributed by atoms with Crippen LogP contribution in [0.1, 0.15) is 27.7 Å². The van der Waals surface area contributed by atoms with Crippen molar-refractivity contribution in [3.8, 4) is 0 Å². The average Bonchev–Trinajstić information content (AvgIpc) is 1.78. The van der Waals surface area contributed by atoms with Gasteiger partial charge in [-0.05, 0) is 27.7 Å². The Hall–Kier alpha value is -0.0800. The SMILES string of the molecule is CC1(C)COC(C)(C)O1. The Morgan fingerprint density at radius 1 is 1.11 bits per heavy atom. The monoisotopic (exact) mass is 130 g/mol. The molecule has 0 amide bonds. The molecule has 0 aromatic carbocycles. The van der Waals surface area contributed by atoms with Crippen molar-refractivity contribution in [2.75, 3.05) is 6.61 Å². The summed E-state index contributed by atoms with van der Waals surface area (Å²) in [5.41, 5.74) is -0.0938. The summed E-state index contributed by atoms with van der Waals surface area (Å²) in [5, 5.41) is 0. The highest BCUT2D eigenvalue weighted by atomic mass is 16.7. The van der Waals surface area contributed by atoms with E-state index in [1.165, 1.54) is 0 Å². The molecule has 1 saturated heterocycles. The summed E-state index contributed by atoms with van der Waals surface area (Å²) < 4.78 is 10.8. The fraction of sp³-hybridized carbons (Fsp3) is 1.00.